The van der Waals surface area contributed by atoms with Crippen LogP contribution >= 0.6 is 45.5 Å². The van der Waals surface area contributed by atoms with Gasteiger partial charge < -0.3 is 0 Å². The molecule has 1 heterocycles. The molecule has 0 aliphatic rings. The maximum atomic E-state index is 12.5. The molecule has 0 aliphatic heterocycles. The van der Waals surface area contributed by atoms with E-state index in [1.165, 1.54) is 23.5 Å². The van der Waals surface area contributed by atoms with E-state index in [9.17, 15) is 8.78 Å². The number of benzene rings is 1. The van der Waals surface area contributed by atoms with Gasteiger partial charge in [0, 0.05) is 19.9 Å². The van der Waals surface area contributed by atoms with Crippen LogP contribution in [0.4, 0.5) is 8.78 Å². The highest BCUT2D eigenvalue weighted by atomic mass is 127. The van der Waals surface area contributed by atoms with Crippen LogP contribution in [-0.4, -0.2) is 0 Å². The van der Waals surface area contributed by atoms with Crippen LogP contribution in [0.2, 0.25) is 5.02 Å². The Morgan fingerprint density at radius 1 is 1.36 bits per heavy atom. The van der Waals surface area contributed by atoms with Crippen molar-refractivity contribution < 1.29 is 8.78 Å². The van der Waals surface area contributed by atoms with Crippen molar-refractivity contribution in [1.29, 1.82) is 0 Å². The van der Waals surface area contributed by atoms with Crippen LogP contribution in [0.3, 0.4) is 0 Å². The summed E-state index contributed by atoms with van der Waals surface area (Å²) in [5.41, 5.74) is -0.0150. The second-order valence-electron chi connectivity index (χ2n) is 2.76. The normalized spacial score (nSPS) is 11.5. The highest BCUT2D eigenvalue weighted by Gasteiger charge is 2.12. The molecule has 1 aromatic carbocycles. The molecule has 0 amide bonds. The van der Waals surface area contributed by atoms with Crippen LogP contribution in [0, 0.1) is 3.57 Å². The minimum absolute atomic E-state index is 0.0150. The molecule has 2 aromatic rings. The monoisotopic (exact) mass is 344 g/mol. The summed E-state index contributed by atoms with van der Waals surface area (Å²) in [5.74, 6) is 0. The van der Waals surface area contributed by atoms with Crippen LogP contribution in [0.15, 0.2) is 17.5 Å². The maximum Gasteiger partial charge on any atom is 0.263 e. The number of rotatable bonds is 1. The first kappa shape index (κ1) is 10.6. The lowest BCUT2D eigenvalue weighted by molar-refractivity contribution is 0.151. The highest BCUT2D eigenvalue weighted by Crippen LogP contribution is 2.36. The number of hydrogen-bond donors (Lipinski definition) is 0. The third-order valence-electron chi connectivity index (χ3n) is 1.86. The predicted octanol–water partition coefficient (Wildman–Crippen LogP) is 5.10. The fraction of sp³-hybridized carbons (Fsp3) is 0.111. The molecule has 2 rings (SSSR count). The number of thiophene rings is 1. The molecule has 0 N–H and O–H groups in total. The molecule has 0 saturated heterocycles. The molecule has 0 atom stereocenters. The lowest BCUT2D eigenvalue weighted by atomic mass is 10.2. The van der Waals surface area contributed by atoms with Crippen LogP contribution in [0.1, 0.15) is 12.0 Å². The number of alkyl halides is 2. The van der Waals surface area contributed by atoms with Gasteiger partial charge in [0.2, 0.25) is 0 Å². The third kappa shape index (κ3) is 1.75. The van der Waals surface area contributed by atoms with E-state index in [2.05, 4.69) is 22.6 Å². The van der Waals surface area contributed by atoms with Crippen molar-refractivity contribution in [3.63, 3.8) is 0 Å². The molecule has 0 aliphatic carbocycles. The topological polar surface area (TPSA) is 0 Å². The van der Waals surface area contributed by atoms with E-state index in [1.807, 2.05) is 5.38 Å². The Balaban J connectivity index is 2.75. The fourth-order valence-electron chi connectivity index (χ4n) is 1.21. The van der Waals surface area contributed by atoms with Crippen molar-refractivity contribution in [2.24, 2.45) is 0 Å². The van der Waals surface area contributed by atoms with Gasteiger partial charge in [-0.2, -0.15) is 0 Å². The van der Waals surface area contributed by atoms with Crippen molar-refractivity contribution in [3.05, 3.63) is 31.7 Å². The second-order valence-corrected chi connectivity index (χ2v) is 5.21. The average Bonchev–Trinajstić information content (AvgIpc) is 2.48. The summed E-state index contributed by atoms with van der Waals surface area (Å²) in [5, 5.41) is 3.14. The lowest BCUT2D eigenvalue weighted by Gasteiger charge is -2.01. The molecule has 0 spiro atoms. The zero-order valence-electron chi connectivity index (χ0n) is 6.73. The van der Waals surface area contributed by atoms with Gasteiger partial charge in [-0.05, 0) is 34.7 Å². The standard InChI is InChI=1S/C9H4ClF2IS/c10-6-2-4(9(11)12)1-5-7(13)3-14-8(5)6/h1-3,9H. The van der Waals surface area contributed by atoms with E-state index in [-0.39, 0.29) is 5.56 Å². The van der Waals surface area contributed by atoms with Crippen LogP contribution in [-0.2, 0) is 0 Å². The highest BCUT2D eigenvalue weighted by molar-refractivity contribution is 14.1. The molecule has 0 bridgehead atoms. The van der Waals surface area contributed by atoms with E-state index < -0.39 is 6.43 Å². The summed E-state index contributed by atoms with van der Waals surface area (Å²) in [4.78, 5) is 0. The van der Waals surface area contributed by atoms with Crippen LogP contribution in [0.25, 0.3) is 10.1 Å². The third-order valence-corrected chi connectivity index (χ3v) is 4.61. The molecule has 5 heteroatoms. The first-order valence-corrected chi connectivity index (χ1v) is 6.07. The lowest BCUT2D eigenvalue weighted by Crippen LogP contribution is -1.83. The molecule has 1 aromatic heterocycles. The quantitative estimate of drug-likeness (QED) is 0.632. The van der Waals surface area contributed by atoms with Gasteiger partial charge in [0.1, 0.15) is 0 Å². The van der Waals surface area contributed by atoms with Gasteiger partial charge in [-0.25, -0.2) is 8.78 Å². The van der Waals surface area contributed by atoms with Gasteiger partial charge in [-0.1, -0.05) is 11.6 Å². The molecule has 0 radical (unpaired) electrons. The Hall–Kier alpha value is 0.0600. The van der Waals surface area contributed by atoms with E-state index in [0.29, 0.717) is 5.02 Å². The fourth-order valence-corrected chi connectivity index (χ4v) is 3.38. The van der Waals surface area contributed by atoms with Gasteiger partial charge in [-0.3, -0.25) is 0 Å². The van der Waals surface area contributed by atoms with Gasteiger partial charge >= 0.3 is 0 Å². The molecular weight excluding hydrogens is 341 g/mol. The molecule has 0 fully saturated rings. The van der Waals surface area contributed by atoms with Gasteiger partial charge in [0.15, 0.2) is 0 Å². The van der Waals surface area contributed by atoms with Crippen molar-refractivity contribution in [3.8, 4) is 0 Å². The van der Waals surface area contributed by atoms with Gasteiger partial charge in [0.05, 0.1) is 9.72 Å². The van der Waals surface area contributed by atoms with Crippen LogP contribution in [0.5, 0.6) is 0 Å². The molecule has 14 heavy (non-hydrogen) atoms. The predicted molar refractivity (Wildman–Crippen MR) is 64.5 cm³/mol. The molecule has 0 unspecified atom stereocenters. The second kappa shape index (κ2) is 3.90. The Morgan fingerprint density at radius 3 is 2.71 bits per heavy atom. The van der Waals surface area contributed by atoms with E-state index >= 15 is 0 Å². The minimum Gasteiger partial charge on any atom is -0.205 e. The first-order chi connectivity index (χ1) is 6.59. The van der Waals surface area contributed by atoms with Gasteiger partial charge in [-0.15, -0.1) is 11.3 Å². The Labute approximate surface area is 102 Å². The van der Waals surface area contributed by atoms with Crippen molar-refractivity contribution >= 4 is 55.6 Å². The first-order valence-electron chi connectivity index (χ1n) is 3.74. The smallest absolute Gasteiger partial charge is 0.205 e. The Bertz CT molecular complexity index is 481. The minimum atomic E-state index is -2.47. The van der Waals surface area contributed by atoms with Gasteiger partial charge in [0.25, 0.3) is 6.43 Å². The van der Waals surface area contributed by atoms with E-state index in [4.69, 9.17) is 11.6 Å². The summed E-state index contributed by atoms with van der Waals surface area (Å²) in [6.45, 7) is 0. The summed E-state index contributed by atoms with van der Waals surface area (Å²) in [6, 6.07) is 2.84. The molecule has 0 saturated carbocycles. The Kier molecular flexibility index (Phi) is 2.95. The number of halogens is 4. The number of fused-ring (bicyclic) bond motifs is 1. The molecule has 74 valence electrons. The zero-order valence-corrected chi connectivity index (χ0v) is 10.5. The summed E-state index contributed by atoms with van der Waals surface area (Å²) in [7, 11) is 0. The summed E-state index contributed by atoms with van der Waals surface area (Å²) in [6.07, 6.45) is -2.47. The van der Waals surface area contributed by atoms with Crippen molar-refractivity contribution in [1.82, 2.24) is 0 Å². The Morgan fingerprint density at radius 2 is 2.07 bits per heavy atom. The molecule has 0 nitrogen and oxygen atoms in total. The largest absolute Gasteiger partial charge is 0.263 e. The summed E-state index contributed by atoms with van der Waals surface area (Å²) >= 11 is 9.49. The SMILES string of the molecule is FC(F)c1cc(Cl)c2scc(I)c2c1. The van der Waals surface area contributed by atoms with E-state index in [1.54, 1.807) is 0 Å². The molecular formula is C9H4ClF2IS. The average molecular weight is 345 g/mol. The van der Waals surface area contributed by atoms with Crippen molar-refractivity contribution in [2.75, 3.05) is 0 Å². The zero-order chi connectivity index (χ0) is 10.3. The van der Waals surface area contributed by atoms with E-state index in [0.717, 1.165) is 13.7 Å². The number of hydrogen-bond acceptors (Lipinski definition) is 1. The maximum absolute atomic E-state index is 12.5. The van der Waals surface area contributed by atoms with Crippen molar-refractivity contribution in [2.45, 2.75) is 6.43 Å². The summed E-state index contributed by atoms with van der Waals surface area (Å²) < 4.78 is 26.8. The van der Waals surface area contributed by atoms with Crippen LogP contribution < -0.4 is 0 Å².